The summed E-state index contributed by atoms with van der Waals surface area (Å²) in [6.45, 7) is 2.17. The maximum Gasteiger partial charge on any atom is 0.346 e. The van der Waals surface area contributed by atoms with Gasteiger partial charge >= 0.3 is 5.63 Å². The summed E-state index contributed by atoms with van der Waals surface area (Å²) in [6.07, 6.45) is 6.04. The molecule has 1 aromatic heterocycles. The second-order valence-electron chi connectivity index (χ2n) is 6.58. The highest BCUT2D eigenvalue weighted by atomic mass is 16.4. The van der Waals surface area contributed by atoms with Gasteiger partial charge in [-0.2, -0.15) is 0 Å². The zero-order chi connectivity index (χ0) is 19.1. The molecule has 0 spiro atoms. The summed E-state index contributed by atoms with van der Waals surface area (Å²) in [5, 5.41) is 0.776. The number of aromatic amines is 1. The van der Waals surface area contributed by atoms with Gasteiger partial charge in [-0.05, 0) is 30.7 Å². The number of para-hydroxylation sites is 2. The van der Waals surface area contributed by atoms with Crippen LogP contribution in [0.3, 0.4) is 0 Å². The van der Waals surface area contributed by atoms with Gasteiger partial charge in [-0.15, -0.1) is 0 Å². The number of benzene rings is 2. The zero-order valence-electron chi connectivity index (χ0n) is 15.5. The van der Waals surface area contributed by atoms with E-state index in [9.17, 15) is 9.59 Å². The smallest absolute Gasteiger partial charge is 0.346 e. The molecular weight excluding hydrogens is 340 g/mol. The minimum Gasteiger partial charge on any atom is -0.408 e. The minimum atomic E-state index is -0.502. The van der Waals surface area contributed by atoms with Crippen molar-refractivity contribution >= 4 is 21.8 Å². The molecule has 2 aromatic carbocycles. The first kappa shape index (κ1) is 18.8. The molecule has 0 amide bonds. The summed E-state index contributed by atoms with van der Waals surface area (Å²) in [5.74, 6) is 0.355. The highest BCUT2D eigenvalue weighted by Crippen LogP contribution is 2.10. The van der Waals surface area contributed by atoms with Crippen molar-refractivity contribution in [3.63, 3.8) is 0 Å². The molecule has 0 atom stereocenters. The van der Waals surface area contributed by atoms with Crippen LogP contribution in [0.5, 0.6) is 0 Å². The fraction of sp³-hybridized carbons (Fsp3) is 0.318. The van der Waals surface area contributed by atoms with Gasteiger partial charge in [0.25, 0.3) is 5.56 Å². The molecule has 27 heavy (non-hydrogen) atoms. The lowest BCUT2D eigenvalue weighted by Crippen LogP contribution is -2.07. The molecule has 0 unspecified atom stereocenters. The number of hydrogen-bond acceptors (Lipinski definition) is 4. The Morgan fingerprint density at radius 1 is 0.889 bits per heavy atom. The van der Waals surface area contributed by atoms with Crippen molar-refractivity contribution in [3.8, 4) is 0 Å². The summed E-state index contributed by atoms with van der Waals surface area (Å²) in [5.41, 5.74) is 0.147. The van der Waals surface area contributed by atoms with Crippen LogP contribution in [-0.2, 0) is 6.42 Å². The van der Waals surface area contributed by atoms with Gasteiger partial charge < -0.3 is 9.40 Å². The Hall–Kier alpha value is -2.95. The van der Waals surface area contributed by atoms with Crippen molar-refractivity contribution in [3.05, 3.63) is 75.2 Å². The quantitative estimate of drug-likeness (QED) is 0.645. The number of unbranched alkanes of at least 4 members (excludes halogenated alkanes) is 4. The Bertz CT molecular complexity index is 1100. The van der Waals surface area contributed by atoms with Crippen molar-refractivity contribution in [2.75, 3.05) is 0 Å². The molecule has 0 aliphatic rings. The highest BCUT2D eigenvalue weighted by molar-refractivity contribution is 5.79. The van der Waals surface area contributed by atoms with Crippen molar-refractivity contribution < 1.29 is 4.42 Å². The van der Waals surface area contributed by atoms with Crippen LogP contribution in [0.4, 0.5) is 0 Å². The van der Waals surface area contributed by atoms with E-state index < -0.39 is 5.63 Å². The van der Waals surface area contributed by atoms with E-state index in [2.05, 4.69) is 16.9 Å². The fourth-order valence-electron chi connectivity index (χ4n) is 3.03. The first-order chi connectivity index (χ1) is 13.2. The Labute approximate surface area is 157 Å². The van der Waals surface area contributed by atoms with Gasteiger partial charge in [0.1, 0.15) is 0 Å². The molecule has 5 heteroatoms. The molecule has 1 N–H and O–H groups in total. The van der Waals surface area contributed by atoms with Gasteiger partial charge in [-0.25, -0.2) is 9.78 Å². The predicted octanol–water partition coefficient (Wildman–Crippen LogP) is 4.67. The van der Waals surface area contributed by atoms with Crippen LogP contribution in [-0.4, -0.2) is 9.97 Å². The Kier molecular flexibility index (Phi) is 6.36. The maximum absolute atomic E-state index is 12.7. The lowest BCUT2D eigenvalue weighted by molar-refractivity contribution is 0.438. The second kappa shape index (κ2) is 9.12. The van der Waals surface area contributed by atoms with Crippen LogP contribution < -0.4 is 11.2 Å². The van der Waals surface area contributed by atoms with E-state index in [0.717, 1.165) is 19.3 Å². The lowest BCUT2D eigenvalue weighted by atomic mass is 10.1. The van der Waals surface area contributed by atoms with Gasteiger partial charge in [0.15, 0.2) is 5.89 Å². The van der Waals surface area contributed by atoms with E-state index in [0.29, 0.717) is 34.1 Å². The molecule has 1 heterocycles. The molecule has 3 aromatic rings. The molecule has 0 saturated carbocycles. The average Bonchev–Trinajstić information content (AvgIpc) is 2.68. The minimum absolute atomic E-state index is 0.293. The van der Waals surface area contributed by atoms with E-state index in [-0.39, 0.29) is 5.56 Å². The van der Waals surface area contributed by atoms with Gasteiger partial charge in [-0.3, -0.25) is 4.79 Å². The van der Waals surface area contributed by atoms with Crippen molar-refractivity contribution in [2.24, 2.45) is 0 Å². The van der Waals surface area contributed by atoms with Crippen LogP contribution >= 0.6 is 0 Å². The largest absolute Gasteiger partial charge is 0.408 e. The summed E-state index contributed by atoms with van der Waals surface area (Å²) in [4.78, 5) is 32.6. The Morgan fingerprint density at radius 2 is 1.59 bits per heavy atom. The van der Waals surface area contributed by atoms with Crippen LogP contribution in [0.1, 0.15) is 44.9 Å². The molecule has 140 valence electrons. The third-order valence-corrected chi connectivity index (χ3v) is 4.49. The van der Waals surface area contributed by atoms with Crippen LogP contribution in [0.25, 0.3) is 21.8 Å². The van der Waals surface area contributed by atoms with Gasteiger partial charge in [0.2, 0.25) is 0 Å². The fourth-order valence-corrected chi connectivity index (χ4v) is 3.03. The topological polar surface area (TPSA) is 76.0 Å². The molecule has 3 rings (SSSR count). The molecule has 0 fully saturated rings. The molecule has 0 aliphatic heterocycles. The second-order valence-corrected chi connectivity index (χ2v) is 6.58. The van der Waals surface area contributed by atoms with E-state index in [1.165, 1.54) is 12.8 Å². The number of nitrogens with one attached hydrogen (secondary N) is 1. The lowest BCUT2D eigenvalue weighted by Gasteiger charge is -2.00. The normalized spacial score (nSPS) is 10.9. The standard InChI is InChI=1S/C22H24N2O3/c1-2-3-4-5-6-15-20-23-18-13-9-7-11-16(18)21(25)24-19-14-10-8-12-17(19)22(26)27-20/h7-14H,2-6,15H2,1H3,(H,24,25). The van der Waals surface area contributed by atoms with Crippen LogP contribution in [0, 0.1) is 0 Å². The van der Waals surface area contributed by atoms with E-state index >= 15 is 0 Å². The number of hydrogen-bond donors (Lipinski definition) is 1. The van der Waals surface area contributed by atoms with Crippen molar-refractivity contribution in [2.45, 2.75) is 45.4 Å². The van der Waals surface area contributed by atoms with Crippen molar-refractivity contribution in [1.82, 2.24) is 9.97 Å². The highest BCUT2D eigenvalue weighted by Gasteiger charge is 2.04. The molecule has 5 nitrogen and oxygen atoms in total. The first-order valence-electron chi connectivity index (χ1n) is 9.48. The molecule has 0 radical (unpaired) electrons. The van der Waals surface area contributed by atoms with Gasteiger partial charge in [0, 0.05) is 6.42 Å². The zero-order valence-corrected chi connectivity index (χ0v) is 15.5. The SMILES string of the molecule is CCCCCCCc1nc2ccccc2c(=O)[nH]c2ccccc2c(=O)o1. The number of H-pyrrole nitrogens is 1. The monoisotopic (exact) mass is 364 g/mol. The van der Waals surface area contributed by atoms with Gasteiger partial charge in [0.05, 0.1) is 21.8 Å². The molecular formula is C22H24N2O3. The number of aromatic nitrogens is 2. The third-order valence-electron chi connectivity index (χ3n) is 4.49. The average molecular weight is 364 g/mol. The van der Waals surface area contributed by atoms with Crippen molar-refractivity contribution in [1.29, 1.82) is 0 Å². The summed E-state index contributed by atoms with van der Waals surface area (Å²) >= 11 is 0. The summed E-state index contributed by atoms with van der Waals surface area (Å²) in [7, 11) is 0. The summed E-state index contributed by atoms with van der Waals surface area (Å²) in [6, 6.07) is 13.9. The molecule has 0 bridgehead atoms. The third kappa shape index (κ3) is 4.82. The Morgan fingerprint density at radius 3 is 2.41 bits per heavy atom. The molecule has 0 aliphatic carbocycles. The summed E-state index contributed by atoms with van der Waals surface area (Å²) < 4.78 is 5.61. The van der Waals surface area contributed by atoms with E-state index in [1.807, 2.05) is 6.07 Å². The Balaban J connectivity index is 2.20. The van der Waals surface area contributed by atoms with E-state index in [1.54, 1.807) is 42.5 Å². The predicted molar refractivity (Wildman–Crippen MR) is 108 cm³/mol. The number of rotatable bonds is 6. The number of fused-ring (bicyclic) bond motifs is 2. The molecule has 0 saturated heterocycles. The van der Waals surface area contributed by atoms with E-state index in [4.69, 9.17) is 4.42 Å². The number of aryl methyl sites for hydroxylation is 1. The number of nitrogens with zero attached hydrogens (tertiary/aromatic N) is 1. The van der Waals surface area contributed by atoms with Crippen LogP contribution in [0.15, 0.2) is 62.5 Å². The van der Waals surface area contributed by atoms with Crippen LogP contribution in [0.2, 0.25) is 0 Å². The van der Waals surface area contributed by atoms with Gasteiger partial charge in [-0.1, -0.05) is 56.9 Å². The first-order valence-corrected chi connectivity index (χ1v) is 9.48. The maximum atomic E-state index is 12.7.